The number of amides is 2. The molecule has 1 fully saturated rings. The molecule has 1 aliphatic heterocycles. The molecule has 0 radical (unpaired) electrons. The Labute approximate surface area is 121 Å². The summed E-state index contributed by atoms with van der Waals surface area (Å²) >= 11 is 5.62. The van der Waals surface area contributed by atoms with Gasteiger partial charge in [-0.25, -0.2) is 9.97 Å². The van der Waals surface area contributed by atoms with Crippen LogP contribution in [0.25, 0.3) is 0 Å². The van der Waals surface area contributed by atoms with Gasteiger partial charge in [0.1, 0.15) is 10.8 Å². The van der Waals surface area contributed by atoms with Crippen molar-refractivity contribution in [3.63, 3.8) is 0 Å². The average molecular weight is 298 g/mol. The molecule has 1 saturated heterocycles. The van der Waals surface area contributed by atoms with E-state index in [-0.39, 0.29) is 35.2 Å². The van der Waals surface area contributed by atoms with Gasteiger partial charge < -0.3 is 11.1 Å². The maximum absolute atomic E-state index is 11.9. The average Bonchev–Trinajstić information content (AvgIpc) is 2.41. The van der Waals surface area contributed by atoms with E-state index in [1.807, 2.05) is 4.90 Å². The Morgan fingerprint density at radius 1 is 1.35 bits per heavy atom. The van der Waals surface area contributed by atoms with Crippen molar-refractivity contribution in [1.82, 2.24) is 20.2 Å². The fourth-order valence-electron chi connectivity index (χ4n) is 2.14. The molecule has 0 bridgehead atoms. The van der Waals surface area contributed by atoms with E-state index < -0.39 is 0 Å². The van der Waals surface area contributed by atoms with Gasteiger partial charge in [-0.05, 0) is 12.8 Å². The number of halogens is 1. The van der Waals surface area contributed by atoms with Crippen LogP contribution in [0.15, 0.2) is 12.4 Å². The lowest BCUT2D eigenvalue weighted by Gasteiger charge is -2.31. The zero-order valence-electron chi connectivity index (χ0n) is 10.9. The lowest BCUT2D eigenvalue weighted by Crippen LogP contribution is -2.46. The molecule has 0 aromatic carbocycles. The topological polar surface area (TPSA) is 101 Å². The van der Waals surface area contributed by atoms with E-state index in [0.29, 0.717) is 0 Å². The van der Waals surface area contributed by atoms with Gasteiger partial charge in [0.15, 0.2) is 0 Å². The van der Waals surface area contributed by atoms with Crippen LogP contribution < -0.4 is 11.1 Å². The third kappa shape index (κ3) is 4.14. The lowest BCUT2D eigenvalue weighted by molar-refractivity contribution is -0.119. The highest BCUT2D eigenvalue weighted by atomic mass is 35.5. The van der Waals surface area contributed by atoms with Gasteiger partial charge in [0.2, 0.25) is 5.91 Å². The van der Waals surface area contributed by atoms with E-state index in [9.17, 15) is 9.59 Å². The van der Waals surface area contributed by atoms with Gasteiger partial charge >= 0.3 is 0 Å². The summed E-state index contributed by atoms with van der Waals surface area (Å²) in [4.78, 5) is 32.5. The van der Waals surface area contributed by atoms with Crippen LogP contribution in [0, 0.1) is 0 Å². The molecular formula is C12H16ClN5O2. The molecule has 0 spiro atoms. The van der Waals surface area contributed by atoms with Crippen molar-refractivity contribution < 1.29 is 9.59 Å². The predicted molar refractivity (Wildman–Crippen MR) is 73.2 cm³/mol. The summed E-state index contributed by atoms with van der Waals surface area (Å²) in [6, 6.07) is 0.0732. The normalized spacial score (nSPS) is 16.9. The van der Waals surface area contributed by atoms with Crippen LogP contribution in [0.2, 0.25) is 5.15 Å². The van der Waals surface area contributed by atoms with Crippen molar-refractivity contribution in [3.05, 3.63) is 23.2 Å². The molecule has 0 unspecified atom stereocenters. The Morgan fingerprint density at radius 3 is 2.60 bits per heavy atom. The first-order valence-electron chi connectivity index (χ1n) is 6.33. The number of nitrogens with zero attached hydrogens (tertiary/aromatic N) is 3. The van der Waals surface area contributed by atoms with Gasteiger partial charge in [-0.15, -0.1) is 0 Å². The minimum absolute atomic E-state index is 0.0732. The largest absolute Gasteiger partial charge is 0.369 e. The molecule has 1 aliphatic rings. The van der Waals surface area contributed by atoms with E-state index in [2.05, 4.69) is 15.3 Å². The number of hydrogen-bond acceptors (Lipinski definition) is 5. The highest BCUT2D eigenvalue weighted by Crippen LogP contribution is 2.10. The summed E-state index contributed by atoms with van der Waals surface area (Å²) < 4.78 is 0. The number of aromatic nitrogens is 2. The lowest BCUT2D eigenvalue weighted by atomic mass is 10.0. The highest BCUT2D eigenvalue weighted by molar-refractivity contribution is 6.29. The Balaban J connectivity index is 1.82. The summed E-state index contributed by atoms with van der Waals surface area (Å²) in [6.07, 6.45) is 4.24. The Kier molecular flexibility index (Phi) is 4.86. The molecule has 0 aliphatic carbocycles. The van der Waals surface area contributed by atoms with Gasteiger partial charge in [-0.1, -0.05) is 11.6 Å². The zero-order valence-corrected chi connectivity index (χ0v) is 11.6. The van der Waals surface area contributed by atoms with E-state index in [1.54, 1.807) is 0 Å². The number of likely N-dealkylation sites (tertiary alicyclic amines) is 1. The summed E-state index contributed by atoms with van der Waals surface area (Å²) in [7, 11) is 0. The van der Waals surface area contributed by atoms with Crippen molar-refractivity contribution in [3.8, 4) is 0 Å². The number of carbonyl (C=O) groups is 2. The number of nitrogens with one attached hydrogen (secondary N) is 1. The quantitative estimate of drug-likeness (QED) is 0.802. The highest BCUT2D eigenvalue weighted by Gasteiger charge is 2.22. The summed E-state index contributed by atoms with van der Waals surface area (Å²) in [5.41, 5.74) is 5.39. The van der Waals surface area contributed by atoms with Gasteiger partial charge in [0.25, 0.3) is 5.91 Å². The van der Waals surface area contributed by atoms with Crippen LogP contribution in [0.1, 0.15) is 23.3 Å². The van der Waals surface area contributed by atoms with E-state index >= 15 is 0 Å². The molecule has 20 heavy (non-hydrogen) atoms. The first-order chi connectivity index (χ1) is 9.54. The monoisotopic (exact) mass is 297 g/mol. The molecule has 2 rings (SSSR count). The molecular weight excluding hydrogens is 282 g/mol. The summed E-state index contributed by atoms with van der Waals surface area (Å²) in [5.74, 6) is -0.591. The SMILES string of the molecule is NC(=O)CN1CCC(NC(=O)c2cnc(Cl)cn2)CC1. The first-order valence-corrected chi connectivity index (χ1v) is 6.71. The van der Waals surface area contributed by atoms with E-state index in [0.717, 1.165) is 25.9 Å². The van der Waals surface area contributed by atoms with Gasteiger partial charge in [-0.3, -0.25) is 14.5 Å². The Hall–Kier alpha value is -1.73. The van der Waals surface area contributed by atoms with Crippen LogP contribution in [-0.2, 0) is 4.79 Å². The number of carbonyl (C=O) groups excluding carboxylic acids is 2. The van der Waals surface area contributed by atoms with Crippen LogP contribution in [0.5, 0.6) is 0 Å². The molecule has 108 valence electrons. The van der Waals surface area contributed by atoms with Crippen molar-refractivity contribution in [2.24, 2.45) is 5.73 Å². The van der Waals surface area contributed by atoms with Crippen molar-refractivity contribution in [2.45, 2.75) is 18.9 Å². The van der Waals surface area contributed by atoms with Crippen LogP contribution in [-0.4, -0.2) is 52.4 Å². The summed E-state index contributed by atoms with van der Waals surface area (Å²) in [5, 5.41) is 3.15. The number of nitrogens with two attached hydrogens (primary N) is 1. The minimum Gasteiger partial charge on any atom is -0.369 e. The number of hydrogen-bond donors (Lipinski definition) is 2. The molecule has 1 aromatic rings. The molecule has 0 saturated carbocycles. The summed E-state index contributed by atoms with van der Waals surface area (Å²) in [6.45, 7) is 1.74. The smallest absolute Gasteiger partial charge is 0.271 e. The van der Waals surface area contributed by atoms with Crippen molar-refractivity contribution in [2.75, 3.05) is 19.6 Å². The minimum atomic E-state index is -0.330. The van der Waals surface area contributed by atoms with Gasteiger partial charge in [0, 0.05) is 19.1 Å². The van der Waals surface area contributed by atoms with Crippen molar-refractivity contribution in [1.29, 1.82) is 0 Å². The molecule has 3 N–H and O–H groups in total. The van der Waals surface area contributed by atoms with Crippen molar-refractivity contribution >= 4 is 23.4 Å². The Morgan fingerprint density at radius 2 is 2.05 bits per heavy atom. The third-order valence-electron chi connectivity index (χ3n) is 3.16. The fraction of sp³-hybridized carbons (Fsp3) is 0.500. The number of primary amides is 1. The van der Waals surface area contributed by atoms with E-state index in [4.69, 9.17) is 17.3 Å². The fourth-order valence-corrected chi connectivity index (χ4v) is 2.24. The molecule has 8 heteroatoms. The van der Waals surface area contributed by atoms with Crippen LogP contribution in [0.4, 0.5) is 0 Å². The second kappa shape index (κ2) is 6.62. The molecule has 2 amide bonds. The van der Waals surface area contributed by atoms with Crippen LogP contribution >= 0.6 is 11.6 Å². The van der Waals surface area contributed by atoms with Crippen LogP contribution in [0.3, 0.4) is 0 Å². The number of rotatable bonds is 4. The molecule has 7 nitrogen and oxygen atoms in total. The standard InChI is InChI=1S/C12H16ClN5O2/c13-10-6-15-9(5-16-10)12(20)17-8-1-3-18(4-2-8)7-11(14)19/h5-6,8H,1-4,7H2,(H2,14,19)(H,17,20). The first kappa shape index (κ1) is 14.7. The molecule has 2 heterocycles. The van der Waals surface area contributed by atoms with Gasteiger partial charge in [0.05, 0.1) is 18.9 Å². The maximum Gasteiger partial charge on any atom is 0.271 e. The van der Waals surface area contributed by atoms with Gasteiger partial charge in [-0.2, -0.15) is 0 Å². The molecule has 1 aromatic heterocycles. The number of piperidine rings is 1. The molecule has 0 atom stereocenters. The Bertz CT molecular complexity index is 485. The second-order valence-electron chi connectivity index (χ2n) is 4.71. The predicted octanol–water partition coefficient (Wildman–Crippen LogP) is -0.191. The second-order valence-corrected chi connectivity index (χ2v) is 5.10. The maximum atomic E-state index is 11.9. The zero-order chi connectivity index (χ0) is 14.5. The third-order valence-corrected chi connectivity index (χ3v) is 3.35. The van der Waals surface area contributed by atoms with E-state index in [1.165, 1.54) is 12.4 Å².